The molecule has 10 rings (SSSR count). The van der Waals surface area contributed by atoms with Crippen LogP contribution in [0.2, 0.25) is 0 Å². The molecule has 0 saturated carbocycles. The summed E-state index contributed by atoms with van der Waals surface area (Å²) in [6, 6.07) is 55.2. The van der Waals surface area contributed by atoms with Crippen LogP contribution in [0.4, 0.5) is 0 Å². The van der Waals surface area contributed by atoms with Gasteiger partial charge < -0.3 is 13.7 Å². The van der Waals surface area contributed by atoms with Crippen molar-refractivity contribution >= 4 is 65.4 Å². The number of benzene rings is 7. The lowest BCUT2D eigenvalue weighted by molar-refractivity contribution is 0.590. The molecule has 0 fully saturated rings. The van der Waals surface area contributed by atoms with Crippen molar-refractivity contribution in [1.29, 1.82) is 0 Å². The Bertz CT molecular complexity index is 2870. The highest BCUT2D eigenvalue weighted by atomic mass is 15.0. The normalized spacial score (nSPS) is 13.0. The summed E-state index contributed by atoms with van der Waals surface area (Å²) >= 11 is 0. The first-order valence-corrected chi connectivity index (χ1v) is 20.4. The molecule has 0 aliphatic rings. The summed E-state index contributed by atoms with van der Waals surface area (Å²) < 4.78 is 7.53. The molecule has 0 spiro atoms. The summed E-state index contributed by atoms with van der Waals surface area (Å²) in [5.41, 5.74) is 14.7. The molecule has 10 aromatic rings. The van der Waals surface area contributed by atoms with Crippen LogP contribution < -0.4 is 0 Å². The number of aromatic nitrogens is 3. The number of hydrogen-bond acceptors (Lipinski definition) is 0. The summed E-state index contributed by atoms with van der Waals surface area (Å²) in [6.45, 7) is 20.8. The quantitative estimate of drug-likeness (QED) is 0.171. The van der Waals surface area contributed by atoms with Crippen molar-refractivity contribution in [3.8, 4) is 17.1 Å². The third-order valence-electron chi connectivity index (χ3n) is 12.3. The SMILES string of the molecule is CC(C)(C)c1ccc2c3ccccc3n(-c3cc(-n4c5ccccc5c5ccc(C(C)(C)C)cc54)cc(-n4c5ccccc5c5ccc(C(C)(C)C)cc54)c3)c2c1. The molecule has 0 unspecified atom stereocenters. The largest absolute Gasteiger partial charge is 0.309 e. The minimum absolute atomic E-state index is 0.00392. The molecule has 0 bridgehead atoms. The van der Waals surface area contributed by atoms with Gasteiger partial charge in [0.2, 0.25) is 0 Å². The summed E-state index contributed by atoms with van der Waals surface area (Å²) in [4.78, 5) is 0. The van der Waals surface area contributed by atoms with E-state index in [9.17, 15) is 0 Å². The highest BCUT2D eigenvalue weighted by Gasteiger charge is 2.24. The molecule has 0 amide bonds. The van der Waals surface area contributed by atoms with Crippen LogP contribution >= 0.6 is 0 Å². The second kappa shape index (κ2) is 12.2. The minimum Gasteiger partial charge on any atom is -0.309 e. The van der Waals surface area contributed by atoms with Gasteiger partial charge in [-0.2, -0.15) is 0 Å². The van der Waals surface area contributed by atoms with Crippen LogP contribution in [0.5, 0.6) is 0 Å². The number of nitrogens with zero attached hydrogens (tertiary/aromatic N) is 3. The zero-order valence-corrected chi connectivity index (χ0v) is 34.7. The minimum atomic E-state index is 0.00392. The lowest BCUT2D eigenvalue weighted by Crippen LogP contribution is -2.11. The number of para-hydroxylation sites is 3. The molecule has 7 aromatic carbocycles. The van der Waals surface area contributed by atoms with Gasteiger partial charge in [0.15, 0.2) is 0 Å². The molecule has 0 aliphatic heterocycles. The van der Waals surface area contributed by atoms with Crippen molar-refractivity contribution in [2.24, 2.45) is 0 Å². The van der Waals surface area contributed by atoms with E-state index in [2.05, 4.69) is 222 Å². The molecule has 0 saturated heterocycles. The van der Waals surface area contributed by atoms with Gasteiger partial charge in [-0.05, 0) is 87.5 Å². The van der Waals surface area contributed by atoms with Crippen LogP contribution in [0.15, 0.2) is 146 Å². The average Bonchev–Trinajstić information content (AvgIpc) is 3.81. The molecular weight excluding hydrogens is 691 g/mol. The van der Waals surface area contributed by atoms with Gasteiger partial charge in [0.25, 0.3) is 0 Å². The van der Waals surface area contributed by atoms with Crippen molar-refractivity contribution in [3.05, 3.63) is 162 Å². The molecule has 3 heteroatoms. The van der Waals surface area contributed by atoms with E-state index in [1.54, 1.807) is 0 Å². The highest BCUT2D eigenvalue weighted by Crippen LogP contribution is 2.41. The Hall–Kier alpha value is -6.06. The summed E-state index contributed by atoms with van der Waals surface area (Å²) in [5.74, 6) is 0. The zero-order chi connectivity index (χ0) is 39.6. The van der Waals surface area contributed by atoms with Gasteiger partial charge in [-0.15, -0.1) is 0 Å². The first-order valence-electron chi connectivity index (χ1n) is 20.4. The predicted molar refractivity (Wildman–Crippen MR) is 246 cm³/mol. The summed E-state index contributed by atoms with van der Waals surface area (Å²) in [7, 11) is 0. The highest BCUT2D eigenvalue weighted by molar-refractivity contribution is 6.12. The van der Waals surface area contributed by atoms with Crippen LogP contribution in [-0.4, -0.2) is 13.7 Å². The van der Waals surface area contributed by atoms with Crippen molar-refractivity contribution in [3.63, 3.8) is 0 Å². The maximum Gasteiger partial charge on any atom is 0.0544 e. The molecule has 0 atom stereocenters. The molecule has 0 aliphatic carbocycles. The molecule has 0 radical (unpaired) electrons. The Morgan fingerprint density at radius 3 is 0.772 bits per heavy atom. The van der Waals surface area contributed by atoms with Gasteiger partial charge >= 0.3 is 0 Å². The Labute approximate surface area is 335 Å². The molecule has 0 N–H and O–H groups in total. The second-order valence-corrected chi connectivity index (χ2v) is 19.2. The first-order chi connectivity index (χ1) is 27.2. The topological polar surface area (TPSA) is 14.8 Å². The summed E-state index contributed by atoms with van der Waals surface area (Å²) in [5, 5.41) is 7.59. The van der Waals surface area contributed by atoms with E-state index in [4.69, 9.17) is 0 Å². The number of hydrogen-bond donors (Lipinski definition) is 0. The fourth-order valence-electron chi connectivity index (χ4n) is 9.11. The van der Waals surface area contributed by atoms with Gasteiger partial charge in [-0.25, -0.2) is 0 Å². The maximum absolute atomic E-state index is 2.51. The third-order valence-corrected chi connectivity index (χ3v) is 12.3. The van der Waals surface area contributed by atoms with Crippen LogP contribution in [0.3, 0.4) is 0 Å². The van der Waals surface area contributed by atoms with Crippen LogP contribution in [0.25, 0.3) is 82.5 Å². The van der Waals surface area contributed by atoms with Crippen molar-refractivity contribution < 1.29 is 0 Å². The van der Waals surface area contributed by atoms with Gasteiger partial charge in [0.05, 0.1) is 50.2 Å². The van der Waals surface area contributed by atoms with Crippen LogP contribution in [0.1, 0.15) is 79.0 Å². The Morgan fingerprint density at radius 1 is 0.263 bits per heavy atom. The lowest BCUT2D eigenvalue weighted by atomic mass is 9.86. The Morgan fingerprint density at radius 2 is 0.509 bits per heavy atom. The van der Waals surface area contributed by atoms with E-state index in [0.717, 1.165) is 17.1 Å². The van der Waals surface area contributed by atoms with Crippen LogP contribution in [-0.2, 0) is 16.2 Å². The number of fused-ring (bicyclic) bond motifs is 9. The van der Waals surface area contributed by atoms with E-state index in [-0.39, 0.29) is 16.2 Å². The number of rotatable bonds is 3. The van der Waals surface area contributed by atoms with E-state index >= 15 is 0 Å². The molecule has 3 nitrogen and oxygen atoms in total. The van der Waals surface area contributed by atoms with Crippen molar-refractivity contribution in [2.75, 3.05) is 0 Å². The van der Waals surface area contributed by atoms with Crippen molar-refractivity contribution in [2.45, 2.75) is 78.6 Å². The molecule has 57 heavy (non-hydrogen) atoms. The van der Waals surface area contributed by atoms with E-state index < -0.39 is 0 Å². The lowest BCUT2D eigenvalue weighted by Gasteiger charge is -2.21. The van der Waals surface area contributed by atoms with Gasteiger partial charge in [-0.1, -0.05) is 153 Å². The zero-order valence-electron chi connectivity index (χ0n) is 34.7. The van der Waals surface area contributed by atoms with Crippen molar-refractivity contribution in [1.82, 2.24) is 13.7 Å². The Kier molecular flexibility index (Phi) is 7.58. The Balaban J connectivity index is 1.38. The molecule has 282 valence electrons. The average molecular weight is 742 g/mol. The standard InChI is InChI=1S/C54H51N3/c1-52(2,3)34-22-25-43-40-16-10-13-19-46(40)55(49(43)28-34)37-31-38(56-47-20-14-11-17-41(47)44-26-23-35(29-50(44)56)53(4,5)6)33-39(32-37)57-48-21-15-12-18-42(48)45-27-24-36(30-51(45)57)54(7,8)9/h10-33H,1-9H3. The van der Waals surface area contributed by atoms with Crippen LogP contribution in [0, 0.1) is 0 Å². The molecule has 3 aromatic heterocycles. The summed E-state index contributed by atoms with van der Waals surface area (Å²) in [6.07, 6.45) is 0. The van der Waals surface area contributed by atoms with E-state index in [0.29, 0.717) is 0 Å². The fraction of sp³-hybridized carbons (Fsp3) is 0.222. The maximum atomic E-state index is 2.51. The second-order valence-electron chi connectivity index (χ2n) is 19.2. The monoisotopic (exact) mass is 741 g/mol. The van der Waals surface area contributed by atoms with E-state index in [1.165, 1.54) is 82.1 Å². The molecular formula is C54H51N3. The first kappa shape index (κ1) is 35.4. The third kappa shape index (κ3) is 5.54. The van der Waals surface area contributed by atoms with E-state index in [1.807, 2.05) is 0 Å². The predicted octanol–water partition coefficient (Wildman–Crippen LogP) is 14.9. The molecule has 3 heterocycles. The van der Waals surface area contributed by atoms with Gasteiger partial charge in [-0.3, -0.25) is 0 Å². The van der Waals surface area contributed by atoms with Gasteiger partial charge in [0.1, 0.15) is 0 Å². The van der Waals surface area contributed by atoms with Gasteiger partial charge in [0, 0.05) is 32.3 Å². The fourth-order valence-corrected chi connectivity index (χ4v) is 9.11. The smallest absolute Gasteiger partial charge is 0.0544 e.